The lowest BCUT2D eigenvalue weighted by Gasteiger charge is -2.40. The van der Waals surface area contributed by atoms with E-state index in [1.54, 1.807) is 24.3 Å². The van der Waals surface area contributed by atoms with E-state index in [1.165, 1.54) is 24.3 Å². The summed E-state index contributed by atoms with van der Waals surface area (Å²) in [4.78, 5) is 0.166. The Morgan fingerprint density at radius 2 is 0.867 bits per heavy atom. The summed E-state index contributed by atoms with van der Waals surface area (Å²) < 4.78 is 60.6. The molecule has 0 amide bonds. The van der Waals surface area contributed by atoms with E-state index in [4.69, 9.17) is 8.37 Å². The summed E-state index contributed by atoms with van der Waals surface area (Å²) in [6, 6.07) is 12.8. The highest BCUT2D eigenvalue weighted by molar-refractivity contribution is 7.87. The predicted octanol–water partition coefficient (Wildman–Crippen LogP) is 4.47. The zero-order valence-corrected chi connectivity index (χ0v) is 19.9. The highest BCUT2D eigenvalue weighted by atomic mass is 32.2. The van der Waals surface area contributed by atoms with Crippen LogP contribution in [-0.2, 0) is 28.6 Å². The second kappa shape index (κ2) is 8.78. The molecule has 2 aromatic carbocycles. The Kier molecular flexibility index (Phi) is 7.18. The molecule has 0 fully saturated rings. The van der Waals surface area contributed by atoms with Crippen molar-refractivity contribution in [1.29, 1.82) is 0 Å². The molecule has 6 nitrogen and oxygen atoms in total. The van der Waals surface area contributed by atoms with Crippen LogP contribution in [0, 0.1) is 24.7 Å². The van der Waals surface area contributed by atoms with Gasteiger partial charge in [0.05, 0.1) is 23.0 Å². The SMILES string of the molecule is Cc1ccc(S(=O)(=O)OCC(C)(C)C(C)(C)COS(=O)(=O)c2ccc(C)cc2)cc1. The van der Waals surface area contributed by atoms with Crippen molar-refractivity contribution in [3.63, 3.8) is 0 Å². The molecular weight excluding hydrogens is 424 g/mol. The van der Waals surface area contributed by atoms with Crippen LogP contribution >= 0.6 is 0 Å². The molecule has 30 heavy (non-hydrogen) atoms. The van der Waals surface area contributed by atoms with E-state index in [0.717, 1.165) is 11.1 Å². The Morgan fingerprint density at radius 3 is 1.13 bits per heavy atom. The minimum atomic E-state index is -3.92. The molecule has 0 atom stereocenters. The monoisotopic (exact) mass is 454 g/mol. The molecule has 0 heterocycles. The zero-order chi connectivity index (χ0) is 22.8. The topological polar surface area (TPSA) is 86.7 Å². The van der Waals surface area contributed by atoms with Crippen LogP contribution in [0.2, 0.25) is 0 Å². The molecular formula is C22H30O6S2. The van der Waals surface area contributed by atoms with E-state index in [2.05, 4.69) is 0 Å². The van der Waals surface area contributed by atoms with Crippen molar-refractivity contribution >= 4 is 20.2 Å². The van der Waals surface area contributed by atoms with E-state index in [-0.39, 0.29) is 23.0 Å². The molecule has 0 radical (unpaired) electrons. The number of hydrogen-bond acceptors (Lipinski definition) is 6. The Hall–Kier alpha value is -1.74. The fourth-order valence-corrected chi connectivity index (χ4v) is 4.50. The van der Waals surface area contributed by atoms with E-state index in [9.17, 15) is 16.8 Å². The molecule has 0 saturated carbocycles. The predicted molar refractivity (Wildman–Crippen MR) is 116 cm³/mol. The van der Waals surface area contributed by atoms with Gasteiger partial charge in [0.1, 0.15) is 0 Å². The summed E-state index contributed by atoms with van der Waals surface area (Å²) in [5.41, 5.74) is 0.492. The average Bonchev–Trinajstić information content (AvgIpc) is 2.66. The lowest BCUT2D eigenvalue weighted by molar-refractivity contribution is 0.0141. The molecule has 0 saturated heterocycles. The standard InChI is InChI=1S/C22H30O6S2/c1-17-7-11-19(12-8-17)29(23,24)27-15-21(3,4)22(5,6)16-28-30(25,26)20-13-9-18(2)10-14-20/h7-14H,15-16H2,1-6H3. The van der Waals surface area contributed by atoms with Gasteiger partial charge in [0.25, 0.3) is 20.2 Å². The van der Waals surface area contributed by atoms with Crippen LogP contribution in [0.4, 0.5) is 0 Å². The van der Waals surface area contributed by atoms with Crippen molar-refractivity contribution in [3.8, 4) is 0 Å². The second-order valence-corrected chi connectivity index (χ2v) is 12.1. The maximum absolute atomic E-state index is 12.5. The quantitative estimate of drug-likeness (QED) is 0.520. The van der Waals surface area contributed by atoms with Crippen molar-refractivity contribution in [2.45, 2.75) is 51.3 Å². The van der Waals surface area contributed by atoms with Gasteiger partial charge in [-0.2, -0.15) is 16.8 Å². The third-order valence-electron chi connectivity index (χ3n) is 5.60. The van der Waals surface area contributed by atoms with Crippen LogP contribution in [0.15, 0.2) is 58.3 Å². The van der Waals surface area contributed by atoms with Gasteiger partial charge in [-0.05, 0) is 48.9 Å². The first-order valence-corrected chi connectivity index (χ1v) is 12.4. The molecule has 0 unspecified atom stereocenters. The van der Waals surface area contributed by atoms with E-state index in [0.29, 0.717) is 0 Å². The minimum absolute atomic E-state index is 0.0832. The van der Waals surface area contributed by atoms with Crippen molar-refractivity contribution < 1.29 is 25.2 Å². The molecule has 0 aromatic heterocycles. The highest BCUT2D eigenvalue weighted by Crippen LogP contribution is 2.40. The number of aryl methyl sites for hydroxylation is 2. The Bertz CT molecular complexity index is 976. The molecule has 0 spiro atoms. The number of rotatable bonds is 9. The van der Waals surface area contributed by atoms with Crippen molar-refractivity contribution in [1.82, 2.24) is 0 Å². The van der Waals surface area contributed by atoms with Gasteiger partial charge < -0.3 is 0 Å². The van der Waals surface area contributed by atoms with Gasteiger partial charge in [0.15, 0.2) is 0 Å². The fraction of sp³-hybridized carbons (Fsp3) is 0.455. The van der Waals surface area contributed by atoms with Crippen LogP contribution in [0.5, 0.6) is 0 Å². The van der Waals surface area contributed by atoms with Gasteiger partial charge in [-0.3, -0.25) is 8.37 Å². The maximum atomic E-state index is 12.5. The molecule has 166 valence electrons. The van der Waals surface area contributed by atoms with Crippen LogP contribution in [0.1, 0.15) is 38.8 Å². The number of benzene rings is 2. The molecule has 0 N–H and O–H groups in total. The van der Waals surface area contributed by atoms with Gasteiger partial charge in [-0.15, -0.1) is 0 Å². The first-order chi connectivity index (χ1) is 13.7. The first kappa shape index (κ1) is 24.5. The fourth-order valence-electron chi connectivity index (χ4n) is 2.39. The van der Waals surface area contributed by atoms with Gasteiger partial charge in [0, 0.05) is 0 Å². The third kappa shape index (κ3) is 5.91. The van der Waals surface area contributed by atoms with E-state index >= 15 is 0 Å². The van der Waals surface area contributed by atoms with Gasteiger partial charge >= 0.3 is 0 Å². The summed E-state index contributed by atoms with van der Waals surface area (Å²) in [6.45, 7) is 10.8. The molecule has 0 aliphatic heterocycles. The van der Waals surface area contributed by atoms with Crippen molar-refractivity contribution in [2.75, 3.05) is 13.2 Å². The summed E-state index contributed by atoms with van der Waals surface area (Å²) in [5, 5.41) is 0. The Morgan fingerprint density at radius 1 is 0.600 bits per heavy atom. The Labute approximate surface area is 180 Å². The number of hydrogen-bond donors (Lipinski definition) is 0. The Balaban J connectivity index is 2.08. The van der Waals surface area contributed by atoms with Crippen molar-refractivity contribution in [3.05, 3.63) is 59.7 Å². The van der Waals surface area contributed by atoms with Crippen molar-refractivity contribution in [2.24, 2.45) is 10.8 Å². The lowest BCUT2D eigenvalue weighted by Crippen LogP contribution is -2.41. The molecule has 0 bridgehead atoms. The largest absolute Gasteiger partial charge is 0.296 e. The van der Waals surface area contributed by atoms with Gasteiger partial charge in [0.2, 0.25) is 0 Å². The molecule has 2 aromatic rings. The van der Waals surface area contributed by atoms with Crippen LogP contribution < -0.4 is 0 Å². The summed E-state index contributed by atoms with van der Waals surface area (Å²) in [7, 11) is -7.84. The van der Waals surface area contributed by atoms with Crippen LogP contribution in [0.3, 0.4) is 0 Å². The summed E-state index contributed by atoms with van der Waals surface area (Å²) in [5.74, 6) is 0. The first-order valence-electron chi connectivity index (χ1n) is 9.59. The third-order valence-corrected chi connectivity index (χ3v) is 8.16. The van der Waals surface area contributed by atoms with E-state index < -0.39 is 31.1 Å². The van der Waals surface area contributed by atoms with E-state index in [1.807, 2.05) is 41.5 Å². The molecule has 2 rings (SSSR count). The van der Waals surface area contributed by atoms with Gasteiger partial charge in [-0.1, -0.05) is 63.1 Å². The lowest BCUT2D eigenvalue weighted by atomic mass is 9.69. The van der Waals surface area contributed by atoms with Crippen LogP contribution in [0.25, 0.3) is 0 Å². The smallest absolute Gasteiger partial charge is 0.266 e. The molecule has 0 aliphatic rings. The average molecular weight is 455 g/mol. The highest BCUT2D eigenvalue weighted by Gasteiger charge is 2.40. The normalized spacial score (nSPS) is 13.4. The summed E-state index contributed by atoms with van der Waals surface area (Å²) >= 11 is 0. The maximum Gasteiger partial charge on any atom is 0.296 e. The zero-order valence-electron chi connectivity index (χ0n) is 18.3. The minimum Gasteiger partial charge on any atom is -0.266 e. The molecule has 0 aliphatic carbocycles. The van der Waals surface area contributed by atoms with Crippen LogP contribution in [-0.4, -0.2) is 30.0 Å². The second-order valence-electron chi connectivity index (χ2n) is 8.83. The summed E-state index contributed by atoms with van der Waals surface area (Å²) in [6.07, 6.45) is 0. The van der Waals surface area contributed by atoms with Gasteiger partial charge in [-0.25, -0.2) is 0 Å². The molecule has 8 heteroatoms.